The molecule has 0 bridgehead atoms. The molecule has 0 unspecified atom stereocenters. The summed E-state index contributed by atoms with van der Waals surface area (Å²) in [4.78, 5) is 33.9. The summed E-state index contributed by atoms with van der Waals surface area (Å²) in [6.45, 7) is 0. The molecule has 0 amide bonds. The molecule has 196 valence electrons. The smallest absolute Gasteiger partial charge is 0.296 e. The lowest BCUT2D eigenvalue weighted by atomic mass is 9.83. The molecular formula is C31H22N3O5P. The quantitative estimate of drug-likeness (QED) is 0.130. The summed E-state index contributed by atoms with van der Waals surface area (Å²) in [5.41, 5.74) is 4.18. The topological polar surface area (TPSA) is 115 Å². The fraction of sp³-hybridized carbons (Fsp3) is 0.0968. The van der Waals surface area contributed by atoms with E-state index in [1.165, 1.54) is 0 Å². The SMILES string of the molecule is O=Nc1ccc(C(c2ccc(N=O)cc2)(c2ccc(N=O)cc2)[P@]2(=O)OC3=C(CCC=C3)c3ccccc32)cc1. The van der Waals surface area contributed by atoms with Crippen molar-refractivity contribution in [2.45, 2.75) is 18.0 Å². The second-order valence-electron chi connectivity index (χ2n) is 9.57. The van der Waals surface area contributed by atoms with Gasteiger partial charge in [0.2, 0.25) is 0 Å². The summed E-state index contributed by atoms with van der Waals surface area (Å²) in [6, 6.07) is 27.2. The van der Waals surface area contributed by atoms with Crippen LogP contribution in [0.2, 0.25) is 0 Å². The monoisotopic (exact) mass is 547 g/mol. The Bertz CT molecular complexity index is 1620. The van der Waals surface area contributed by atoms with Crippen LogP contribution in [0, 0.1) is 14.7 Å². The first-order valence-corrected chi connectivity index (χ1v) is 14.3. The Morgan fingerprint density at radius 3 is 1.60 bits per heavy atom. The molecular weight excluding hydrogens is 525 g/mol. The second-order valence-corrected chi connectivity index (χ2v) is 12.0. The van der Waals surface area contributed by atoms with E-state index in [1.807, 2.05) is 36.4 Å². The molecule has 0 spiro atoms. The average molecular weight is 548 g/mol. The fourth-order valence-electron chi connectivity index (χ4n) is 5.72. The van der Waals surface area contributed by atoms with Gasteiger partial charge in [-0.05, 0) is 99.2 Å². The van der Waals surface area contributed by atoms with E-state index in [0.29, 0.717) is 27.8 Å². The molecule has 0 N–H and O–H groups in total. The third-order valence-corrected chi connectivity index (χ3v) is 10.6. The van der Waals surface area contributed by atoms with Crippen molar-refractivity contribution in [2.75, 3.05) is 0 Å². The van der Waals surface area contributed by atoms with Crippen molar-refractivity contribution in [1.82, 2.24) is 0 Å². The van der Waals surface area contributed by atoms with Gasteiger partial charge in [-0.15, -0.1) is 14.7 Å². The fourth-order valence-corrected chi connectivity index (χ4v) is 9.04. The minimum absolute atomic E-state index is 0.210. The van der Waals surface area contributed by atoms with Crippen LogP contribution >= 0.6 is 7.37 Å². The van der Waals surface area contributed by atoms with Gasteiger partial charge in [-0.2, -0.15) is 0 Å². The predicted molar refractivity (Wildman–Crippen MR) is 156 cm³/mol. The van der Waals surface area contributed by atoms with Crippen LogP contribution in [0.3, 0.4) is 0 Å². The summed E-state index contributed by atoms with van der Waals surface area (Å²) < 4.78 is 22.7. The van der Waals surface area contributed by atoms with E-state index in [4.69, 9.17) is 4.52 Å². The van der Waals surface area contributed by atoms with Crippen LogP contribution < -0.4 is 5.30 Å². The summed E-state index contributed by atoms with van der Waals surface area (Å²) >= 11 is 0. The lowest BCUT2D eigenvalue weighted by Gasteiger charge is -2.44. The van der Waals surface area contributed by atoms with Gasteiger partial charge in [0, 0.05) is 5.57 Å². The third-order valence-electron chi connectivity index (χ3n) is 7.51. The normalized spacial score (nSPS) is 17.8. The van der Waals surface area contributed by atoms with Crippen molar-refractivity contribution < 1.29 is 9.09 Å². The number of fused-ring (bicyclic) bond motifs is 2. The highest BCUT2D eigenvalue weighted by Crippen LogP contribution is 2.72. The standard InChI is InChI=1S/C31H22N3O5P/c35-32-24-15-9-21(10-16-24)31(22-11-17-25(33-36)18-12-22,23-13-19-26(34-37)20-14-23)40(38)30-8-4-2-6-28(30)27-5-1-3-7-29(27)39-40/h2-4,6-20H,1,5H2/t40-/m1/s1. The molecule has 0 fully saturated rings. The number of hydrogen-bond donors (Lipinski definition) is 0. The minimum atomic E-state index is -4.01. The lowest BCUT2D eigenvalue weighted by Crippen LogP contribution is -2.37. The van der Waals surface area contributed by atoms with Crippen molar-refractivity contribution >= 4 is 35.3 Å². The van der Waals surface area contributed by atoms with Crippen molar-refractivity contribution in [2.24, 2.45) is 15.5 Å². The maximum atomic E-state index is 16.1. The van der Waals surface area contributed by atoms with Gasteiger partial charge in [0.25, 0.3) is 7.37 Å². The summed E-state index contributed by atoms with van der Waals surface area (Å²) in [6.07, 6.45) is 5.45. The van der Waals surface area contributed by atoms with Gasteiger partial charge in [-0.1, -0.05) is 60.7 Å². The van der Waals surface area contributed by atoms with Crippen LogP contribution in [0.5, 0.6) is 0 Å². The first-order valence-electron chi connectivity index (χ1n) is 12.7. The van der Waals surface area contributed by atoms with Gasteiger partial charge in [-0.25, -0.2) is 0 Å². The van der Waals surface area contributed by atoms with E-state index in [1.54, 1.807) is 72.8 Å². The third kappa shape index (κ3) is 3.80. The number of allylic oxidation sites excluding steroid dienone is 3. The molecule has 1 aliphatic carbocycles. The first kappa shape index (κ1) is 25.5. The van der Waals surface area contributed by atoms with Crippen molar-refractivity contribution in [3.05, 3.63) is 152 Å². The van der Waals surface area contributed by atoms with E-state index in [2.05, 4.69) is 15.5 Å². The van der Waals surface area contributed by atoms with Crippen LogP contribution in [-0.2, 0) is 14.2 Å². The van der Waals surface area contributed by atoms with Gasteiger partial charge in [0.05, 0.1) is 5.30 Å². The Kier molecular flexibility index (Phi) is 6.40. The van der Waals surface area contributed by atoms with Crippen molar-refractivity contribution in [1.29, 1.82) is 0 Å². The van der Waals surface area contributed by atoms with Crippen LogP contribution in [0.25, 0.3) is 5.57 Å². The van der Waals surface area contributed by atoms with Gasteiger partial charge in [0.1, 0.15) is 28.0 Å². The Morgan fingerprint density at radius 1 is 0.650 bits per heavy atom. The molecule has 0 saturated carbocycles. The summed E-state index contributed by atoms with van der Waals surface area (Å²) in [5.74, 6) is 0.543. The van der Waals surface area contributed by atoms with E-state index in [-0.39, 0.29) is 17.1 Å². The predicted octanol–water partition coefficient (Wildman–Crippen LogP) is 8.87. The van der Waals surface area contributed by atoms with Crippen molar-refractivity contribution in [3.63, 3.8) is 0 Å². The van der Waals surface area contributed by atoms with Gasteiger partial charge in [-0.3, -0.25) is 4.57 Å². The summed E-state index contributed by atoms with van der Waals surface area (Å²) in [7, 11) is -4.01. The van der Waals surface area contributed by atoms with E-state index in [0.717, 1.165) is 24.0 Å². The van der Waals surface area contributed by atoms with Gasteiger partial charge in [0.15, 0.2) is 0 Å². The Hall–Kier alpha value is -4.81. The molecule has 8 nitrogen and oxygen atoms in total. The summed E-state index contributed by atoms with van der Waals surface area (Å²) in [5, 5.41) is 8.21. The maximum Gasteiger partial charge on any atom is 0.296 e. The van der Waals surface area contributed by atoms with E-state index in [9.17, 15) is 14.7 Å². The molecule has 1 heterocycles. The zero-order valence-electron chi connectivity index (χ0n) is 21.1. The first-order chi connectivity index (χ1) is 19.5. The number of nitrogens with zero attached hydrogens (tertiary/aromatic N) is 3. The Morgan fingerprint density at radius 2 is 1.12 bits per heavy atom. The van der Waals surface area contributed by atoms with Crippen LogP contribution in [-0.4, -0.2) is 0 Å². The van der Waals surface area contributed by atoms with Crippen molar-refractivity contribution in [3.8, 4) is 0 Å². The highest BCUT2D eigenvalue weighted by Gasteiger charge is 2.58. The molecule has 40 heavy (non-hydrogen) atoms. The van der Waals surface area contributed by atoms with Crippen LogP contribution in [0.1, 0.15) is 35.1 Å². The molecule has 6 rings (SSSR count). The Labute approximate surface area is 229 Å². The number of benzene rings is 4. The zero-order chi connectivity index (χ0) is 27.7. The zero-order valence-corrected chi connectivity index (χ0v) is 22.0. The lowest BCUT2D eigenvalue weighted by molar-refractivity contribution is 0.404. The number of rotatable bonds is 7. The number of hydrogen-bond acceptors (Lipinski definition) is 8. The highest BCUT2D eigenvalue weighted by molar-refractivity contribution is 7.69. The molecule has 0 saturated heterocycles. The largest absolute Gasteiger partial charge is 0.439 e. The van der Waals surface area contributed by atoms with Crippen LogP contribution in [0.15, 0.2) is 131 Å². The molecule has 0 aromatic heterocycles. The Balaban J connectivity index is 1.76. The molecule has 0 radical (unpaired) electrons. The second kappa shape index (κ2) is 10.1. The molecule has 1 atom stereocenters. The molecule has 1 aliphatic heterocycles. The maximum absolute atomic E-state index is 16.1. The minimum Gasteiger partial charge on any atom is -0.439 e. The van der Waals surface area contributed by atoms with E-state index >= 15 is 4.57 Å². The molecule has 4 aromatic rings. The average Bonchev–Trinajstić information content (AvgIpc) is 3.02. The van der Waals surface area contributed by atoms with Gasteiger partial charge < -0.3 is 4.52 Å². The van der Waals surface area contributed by atoms with E-state index < -0.39 is 12.5 Å². The highest BCUT2D eigenvalue weighted by atomic mass is 31.2. The molecule has 9 heteroatoms. The van der Waals surface area contributed by atoms with Crippen LogP contribution in [0.4, 0.5) is 17.1 Å². The van der Waals surface area contributed by atoms with Gasteiger partial charge >= 0.3 is 0 Å². The molecule has 2 aliphatic rings. The number of nitroso groups, excluding NO2 is 3. The molecule has 4 aromatic carbocycles.